The van der Waals surface area contributed by atoms with Gasteiger partial charge in [0.2, 0.25) is 0 Å². The zero-order valence-corrected chi connectivity index (χ0v) is 9.47. The minimum absolute atomic E-state index is 0.869. The van der Waals surface area contributed by atoms with Crippen molar-refractivity contribution in [2.75, 3.05) is 18.1 Å². The number of nitrogens with one attached hydrogen (secondary N) is 1. The van der Waals surface area contributed by atoms with Crippen LogP contribution in [0.5, 0.6) is 0 Å². The molecule has 0 atom stereocenters. The topological polar surface area (TPSA) is 38.0 Å². The van der Waals surface area contributed by atoms with Crippen molar-refractivity contribution in [3.05, 3.63) is 23.3 Å². The van der Waals surface area contributed by atoms with Gasteiger partial charge in [-0.05, 0) is 30.2 Å². The Morgan fingerprint density at radius 1 is 1.50 bits per heavy atom. The number of halogens is 1. The van der Waals surface area contributed by atoms with Gasteiger partial charge in [-0.1, -0.05) is 22.6 Å². The molecule has 0 heterocycles. The van der Waals surface area contributed by atoms with E-state index in [9.17, 15) is 0 Å². The summed E-state index contributed by atoms with van der Waals surface area (Å²) < 4.78 is 1.00. The molecule has 0 bridgehead atoms. The molecule has 0 saturated carbocycles. The number of nitrogen functional groups attached to an aromatic ring is 1. The summed E-state index contributed by atoms with van der Waals surface area (Å²) in [5.41, 5.74) is 10.3. The first-order chi connectivity index (χ1) is 5.69. The number of alkyl halides is 1. The Kier molecular flexibility index (Phi) is 3.20. The second-order valence-electron chi connectivity index (χ2n) is 2.73. The number of hydrogen-bond acceptors (Lipinski definition) is 2. The highest BCUT2D eigenvalue weighted by atomic mass is 127. The summed E-state index contributed by atoms with van der Waals surface area (Å²) >= 11 is 2.35. The fraction of sp³-hybridized carbons (Fsp3) is 0.333. The fourth-order valence-corrected chi connectivity index (χ4v) is 1.87. The lowest BCUT2D eigenvalue weighted by atomic mass is 10.1. The Morgan fingerprint density at radius 3 is 2.67 bits per heavy atom. The van der Waals surface area contributed by atoms with Crippen LogP contribution in [0, 0.1) is 6.92 Å². The lowest BCUT2D eigenvalue weighted by molar-refractivity contribution is 1.32. The van der Waals surface area contributed by atoms with Crippen molar-refractivity contribution < 1.29 is 0 Å². The van der Waals surface area contributed by atoms with Gasteiger partial charge in [0.1, 0.15) is 0 Å². The molecule has 0 radical (unpaired) electrons. The van der Waals surface area contributed by atoms with E-state index < -0.39 is 0 Å². The van der Waals surface area contributed by atoms with Crippen LogP contribution in [-0.4, -0.2) is 7.05 Å². The third-order valence-corrected chi connectivity index (χ3v) is 2.81. The van der Waals surface area contributed by atoms with E-state index in [2.05, 4.69) is 40.9 Å². The molecule has 3 heteroatoms. The Morgan fingerprint density at radius 2 is 2.17 bits per heavy atom. The standard InChI is InChI=1S/C9H13IN2/c1-6-7(5-10)3-8(12-2)4-9(6)11/h3-4,12H,5,11H2,1-2H3. The van der Waals surface area contributed by atoms with Gasteiger partial charge in [0.25, 0.3) is 0 Å². The maximum absolute atomic E-state index is 5.83. The highest BCUT2D eigenvalue weighted by Crippen LogP contribution is 2.23. The number of benzene rings is 1. The third kappa shape index (κ3) is 1.83. The van der Waals surface area contributed by atoms with Crippen molar-refractivity contribution in [1.82, 2.24) is 0 Å². The SMILES string of the molecule is CNc1cc(N)c(C)c(CI)c1. The number of nitrogens with two attached hydrogens (primary N) is 1. The molecule has 2 nitrogen and oxygen atoms in total. The van der Waals surface area contributed by atoms with Crippen molar-refractivity contribution in [3.63, 3.8) is 0 Å². The molecule has 0 amide bonds. The number of anilines is 2. The Bertz CT molecular complexity index is 284. The van der Waals surface area contributed by atoms with Crippen LogP contribution in [-0.2, 0) is 4.43 Å². The Hall–Kier alpha value is -0.450. The van der Waals surface area contributed by atoms with Gasteiger partial charge in [0, 0.05) is 22.8 Å². The fourth-order valence-electron chi connectivity index (χ4n) is 1.08. The summed E-state index contributed by atoms with van der Waals surface area (Å²) in [7, 11) is 1.90. The first kappa shape index (κ1) is 9.64. The van der Waals surface area contributed by atoms with Gasteiger partial charge < -0.3 is 11.1 Å². The average Bonchev–Trinajstić information content (AvgIpc) is 2.09. The summed E-state index contributed by atoms with van der Waals surface area (Å²) in [6.07, 6.45) is 0. The van der Waals surface area contributed by atoms with Crippen molar-refractivity contribution in [1.29, 1.82) is 0 Å². The van der Waals surface area contributed by atoms with Crippen LogP contribution < -0.4 is 11.1 Å². The summed E-state index contributed by atoms with van der Waals surface area (Å²) in [5.74, 6) is 0. The van der Waals surface area contributed by atoms with Gasteiger partial charge in [0.05, 0.1) is 0 Å². The van der Waals surface area contributed by atoms with Crippen LogP contribution in [0.3, 0.4) is 0 Å². The molecule has 0 aliphatic heterocycles. The van der Waals surface area contributed by atoms with Crippen LogP contribution >= 0.6 is 22.6 Å². The second kappa shape index (κ2) is 3.98. The van der Waals surface area contributed by atoms with Gasteiger partial charge in [-0.2, -0.15) is 0 Å². The highest BCUT2D eigenvalue weighted by Gasteiger charge is 2.02. The predicted octanol–water partition coefficient (Wildman–Crippen LogP) is 2.55. The molecule has 0 unspecified atom stereocenters. The molecule has 1 aromatic carbocycles. The van der Waals surface area contributed by atoms with Crippen molar-refractivity contribution in [2.24, 2.45) is 0 Å². The summed E-state index contributed by atoms with van der Waals surface area (Å²) in [4.78, 5) is 0. The first-order valence-corrected chi connectivity index (χ1v) is 5.34. The van der Waals surface area contributed by atoms with Gasteiger partial charge >= 0.3 is 0 Å². The smallest absolute Gasteiger partial charge is 0.0367 e. The van der Waals surface area contributed by atoms with E-state index in [1.54, 1.807) is 0 Å². The zero-order chi connectivity index (χ0) is 9.14. The maximum Gasteiger partial charge on any atom is 0.0367 e. The van der Waals surface area contributed by atoms with E-state index in [-0.39, 0.29) is 0 Å². The van der Waals surface area contributed by atoms with E-state index in [1.807, 2.05) is 13.1 Å². The van der Waals surface area contributed by atoms with Crippen LogP contribution in [0.4, 0.5) is 11.4 Å². The van der Waals surface area contributed by atoms with Crippen molar-refractivity contribution in [3.8, 4) is 0 Å². The molecule has 1 aromatic rings. The summed E-state index contributed by atoms with van der Waals surface area (Å²) in [6, 6.07) is 4.10. The van der Waals surface area contributed by atoms with Gasteiger partial charge in [-0.3, -0.25) is 0 Å². The van der Waals surface area contributed by atoms with E-state index >= 15 is 0 Å². The average molecular weight is 276 g/mol. The summed E-state index contributed by atoms with van der Waals surface area (Å²) in [5, 5.41) is 3.09. The monoisotopic (exact) mass is 276 g/mol. The quantitative estimate of drug-likeness (QED) is 0.495. The molecule has 0 aromatic heterocycles. The van der Waals surface area contributed by atoms with Gasteiger partial charge in [0.15, 0.2) is 0 Å². The van der Waals surface area contributed by atoms with Crippen molar-refractivity contribution in [2.45, 2.75) is 11.4 Å². The van der Waals surface area contributed by atoms with E-state index in [1.165, 1.54) is 11.1 Å². The molecule has 66 valence electrons. The minimum atomic E-state index is 0.869. The maximum atomic E-state index is 5.83. The van der Waals surface area contributed by atoms with Crippen LogP contribution in [0.15, 0.2) is 12.1 Å². The normalized spacial score (nSPS) is 9.92. The van der Waals surface area contributed by atoms with Crippen LogP contribution in [0.1, 0.15) is 11.1 Å². The lowest BCUT2D eigenvalue weighted by Crippen LogP contribution is -1.97. The molecule has 0 spiro atoms. The molecule has 12 heavy (non-hydrogen) atoms. The molecular weight excluding hydrogens is 263 g/mol. The van der Waals surface area contributed by atoms with E-state index in [4.69, 9.17) is 5.73 Å². The first-order valence-electron chi connectivity index (χ1n) is 3.81. The third-order valence-electron chi connectivity index (χ3n) is 1.99. The Labute approximate surface area is 86.7 Å². The predicted molar refractivity (Wildman–Crippen MR) is 62.9 cm³/mol. The van der Waals surface area contributed by atoms with Gasteiger partial charge in [-0.15, -0.1) is 0 Å². The lowest BCUT2D eigenvalue weighted by Gasteiger charge is -2.09. The molecule has 1 rings (SSSR count). The van der Waals surface area contributed by atoms with E-state index in [0.717, 1.165) is 15.8 Å². The molecular formula is C9H13IN2. The molecule has 0 fully saturated rings. The molecule has 0 aliphatic carbocycles. The largest absolute Gasteiger partial charge is 0.398 e. The number of rotatable bonds is 2. The minimum Gasteiger partial charge on any atom is -0.398 e. The van der Waals surface area contributed by atoms with Gasteiger partial charge in [-0.25, -0.2) is 0 Å². The molecule has 0 saturated heterocycles. The zero-order valence-electron chi connectivity index (χ0n) is 7.32. The molecule has 3 N–H and O–H groups in total. The van der Waals surface area contributed by atoms with E-state index in [0.29, 0.717) is 0 Å². The second-order valence-corrected chi connectivity index (χ2v) is 3.50. The van der Waals surface area contributed by atoms with Crippen molar-refractivity contribution >= 4 is 34.0 Å². The molecule has 0 aliphatic rings. The summed E-state index contributed by atoms with van der Waals surface area (Å²) in [6.45, 7) is 2.06. The van der Waals surface area contributed by atoms with Crippen LogP contribution in [0.25, 0.3) is 0 Å². The van der Waals surface area contributed by atoms with Crippen LogP contribution in [0.2, 0.25) is 0 Å². The highest BCUT2D eigenvalue weighted by molar-refractivity contribution is 14.1. The number of hydrogen-bond donors (Lipinski definition) is 2. The Balaban J connectivity index is 3.19.